The molecule has 0 unspecified atom stereocenters. The van der Waals surface area contributed by atoms with Crippen molar-refractivity contribution in [1.82, 2.24) is 0 Å². The molecule has 0 spiro atoms. The average molecular weight is 177 g/mol. The lowest BCUT2D eigenvalue weighted by molar-refractivity contribution is 0.279. The molecule has 0 bridgehead atoms. The number of benzene rings is 1. The van der Waals surface area contributed by atoms with Gasteiger partial charge in [-0.25, -0.2) is 0 Å². The highest BCUT2D eigenvalue weighted by Crippen LogP contribution is 2.41. The minimum Gasteiger partial charge on any atom is -0.289 e. The Kier molecular flexibility index (Phi) is 2.00. The van der Waals surface area contributed by atoms with Crippen molar-refractivity contribution in [1.29, 1.82) is 0 Å². The van der Waals surface area contributed by atoms with Gasteiger partial charge in [0.05, 0.1) is 5.69 Å². The van der Waals surface area contributed by atoms with Crippen LogP contribution in [0.25, 0.3) is 0 Å². The predicted molar refractivity (Wildman–Crippen MR) is 53.3 cm³/mol. The molecule has 0 heterocycles. The van der Waals surface area contributed by atoms with Crippen LogP contribution in [0.1, 0.15) is 29.9 Å². The summed E-state index contributed by atoms with van der Waals surface area (Å²) in [6.45, 7) is 2.01. The van der Waals surface area contributed by atoms with Crippen molar-refractivity contribution in [3.05, 3.63) is 29.3 Å². The lowest BCUT2D eigenvalue weighted by atomic mass is 10.1. The van der Waals surface area contributed by atoms with Crippen molar-refractivity contribution in [3.63, 3.8) is 0 Å². The minimum atomic E-state index is 0.749. The summed E-state index contributed by atoms with van der Waals surface area (Å²) in [5.74, 6) is 0.749. The Labute approximate surface area is 78.8 Å². The Balaban J connectivity index is 2.36. The van der Waals surface area contributed by atoms with Crippen molar-refractivity contribution in [2.24, 2.45) is 0 Å². The van der Waals surface area contributed by atoms with Gasteiger partial charge in [0.15, 0.2) is 0 Å². The van der Waals surface area contributed by atoms with Crippen LogP contribution >= 0.6 is 0 Å². The van der Waals surface area contributed by atoms with E-state index in [1.165, 1.54) is 23.5 Å². The molecule has 0 amide bonds. The van der Waals surface area contributed by atoms with Crippen molar-refractivity contribution >= 4 is 5.69 Å². The van der Waals surface area contributed by atoms with Gasteiger partial charge in [-0.3, -0.25) is 10.3 Å². The van der Waals surface area contributed by atoms with Gasteiger partial charge in [-0.15, -0.1) is 0 Å². The molecular formula is C11H15NO. The molecule has 1 aliphatic carbocycles. The van der Waals surface area contributed by atoms with Crippen LogP contribution in [0.2, 0.25) is 0 Å². The lowest BCUT2D eigenvalue weighted by Crippen LogP contribution is -2.11. The first-order chi connectivity index (χ1) is 6.18. The van der Waals surface area contributed by atoms with Gasteiger partial charge in [0.1, 0.15) is 0 Å². The summed E-state index contributed by atoms with van der Waals surface area (Å²) in [4.78, 5) is 0. The van der Waals surface area contributed by atoms with E-state index in [4.69, 9.17) is 0 Å². The van der Waals surface area contributed by atoms with Crippen molar-refractivity contribution in [2.75, 3.05) is 12.1 Å². The van der Waals surface area contributed by atoms with Crippen LogP contribution in [-0.2, 0) is 0 Å². The normalized spacial score (nSPS) is 15.9. The van der Waals surface area contributed by atoms with Crippen LogP contribution in [0, 0.1) is 6.92 Å². The van der Waals surface area contributed by atoms with Gasteiger partial charge in [0, 0.05) is 7.05 Å². The summed E-state index contributed by atoms with van der Waals surface area (Å²) >= 11 is 0. The third kappa shape index (κ3) is 1.68. The Morgan fingerprint density at radius 3 is 2.62 bits per heavy atom. The van der Waals surface area contributed by atoms with E-state index >= 15 is 0 Å². The highest BCUT2D eigenvalue weighted by molar-refractivity contribution is 5.53. The summed E-state index contributed by atoms with van der Waals surface area (Å²) in [6, 6.07) is 6.34. The standard InChI is InChI=1S/C11H15NO/c1-8-3-4-10(9-5-6-9)7-11(8)12(2)13/h3-4,7,9,13H,5-6H2,1-2H3. The number of rotatable bonds is 2. The zero-order chi connectivity index (χ0) is 9.42. The van der Waals surface area contributed by atoms with E-state index in [-0.39, 0.29) is 0 Å². The largest absolute Gasteiger partial charge is 0.289 e. The zero-order valence-electron chi connectivity index (χ0n) is 8.12. The van der Waals surface area contributed by atoms with Crippen LogP contribution < -0.4 is 5.06 Å². The van der Waals surface area contributed by atoms with Gasteiger partial charge in [-0.1, -0.05) is 12.1 Å². The van der Waals surface area contributed by atoms with Gasteiger partial charge < -0.3 is 0 Å². The third-order valence-corrected chi connectivity index (χ3v) is 2.63. The third-order valence-electron chi connectivity index (χ3n) is 2.63. The SMILES string of the molecule is Cc1ccc(C2CC2)cc1N(C)O. The molecule has 1 aromatic rings. The van der Waals surface area contributed by atoms with E-state index in [0.717, 1.165) is 17.2 Å². The van der Waals surface area contributed by atoms with E-state index in [1.807, 2.05) is 6.92 Å². The maximum absolute atomic E-state index is 9.36. The molecule has 0 radical (unpaired) electrons. The first-order valence-corrected chi connectivity index (χ1v) is 4.71. The fourth-order valence-corrected chi connectivity index (χ4v) is 1.65. The van der Waals surface area contributed by atoms with Crippen LogP contribution in [0.5, 0.6) is 0 Å². The molecule has 1 fully saturated rings. The quantitative estimate of drug-likeness (QED) is 0.702. The fraction of sp³-hybridized carbons (Fsp3) is 0.455. The molecule has 1 N–H and O–H groups in total. The summed E-state index contributed by atoms with van der Waals surface area (Å²) in [7, 11) is 1.67. The first-order valence-electron chi connectivity index (χ1n) is 4.71. The first kappa shape index (κ1) is 8.57. The molecule has 0 aliphatic heterocycles. The molecule has 0 atom stereocenters. The Bertz CT molecular complexity index is 316. The fourth-order valence-electron chi connectivity index (χ4n) is 1.65. The molecule has 13 heavy (non-hydrogen) atoms. The number of hydroxylamine groups is 1. The van der Waals surface area contributed by atoms with Gasteiger partial charge in [0.25, 0.3) is 0 Å². The summed E-state index contributed by atoms with van der Waals surface area (Å²) < 4.78 is 0. The number of hydrogen-bond donors (Lipinski definition) is 1. The van der Waals surface area contributed by atoms with Gasteiger partial charge in [-0.05, 0) is 42.9 Å². The highest BCUT2D eigenvalue weighted by Gasteiger charge is 2.23. The van der Waals surface area contributed by atoms with E-state index in [9.17, 15) is 5.21 Å². The molecule has 0 aromatic heterocycles. The Hall–Kier alpha value is -1.02. The minimum absolute atomic E-state index is 0.749. The Morgan fingerprint density at radius 1 is 1.38 bits per heavy atom. The van der Waals surface area contributed by atoms with Gasteiger partial charge >= 0.3 is 0 Å². The van der Waals surface area contributed by atoms with Crippen LogP contribution in [-0.4, -0.2) is 12.3 Å². The van der Waals surface area contributed by atoms with E-state index < -0.39 is 0 Å². The molecule has 2 rings (SSSR count). The molecule has 1 aromatic carbocycles. The molecule has 1 aliphatic rings. The van der Waals surface area contributed by atoms with Crippen LogP contribution in [0.15, 0.2) is 18.2 Å². The smallest absolute Gasteiger partial charge is 0.0662 e. The van der Waals surface area contributed by atoms with Gasteiger partial charge in [-0.2, -0.15) is 0 Å². The van der Waals surface area contributed by atoms with Crippen molar-refractivity contribution in [2.45, 2.75) is 25.7 Å². The monoisotopic (exact) mass is 177 g/mol. The van der Waals surface area contributed by atoms with Crippen LogP contribution in [0.4, 0.5) is 5.69 Å². The van der Waals surface area contributed by atoms with Gasteiger partial charge in [0.2, 0.25) is 0 Å². The van der Waals surface area contributed by atoms with Crippen molar-refractivity contribution in [3.8, 4) is 0 Å². The number of nitrogens with zero attached hydrogens (tertiary/aromatic N) is 1. The number of anilines is 1. The van der Waals surface area contributed by atoms with E-state index in [0.29, 0.717) is 0 Å². The highest BCUT2D eigenvalue weighted by atomic mass is 16.5. The Morgan fingerprint density at radius 2 is 2.08 bits per heavy atom. The topological polar surface area (TPSA) is 23.5 Å². The summed E-state index contributed by atoms with van der Waals surface area (Å²) in [6.07, 6.45) is 2.61. The summed E-state index contributed by atoms with van der Waals surface area (Å²) in [5, 5.41) is 10.6. The predicted octanol–water partition coefficient (Wildman–Crippen LogP) is 2.70. The molecule has 0 saturated heterocycles. The van der Waals surface area contributed by atoms with Crippen molar-refractivity contribution < 1.29 is 5.21 Å². The number of hydrogen-bond acceptors (Lipinski definition) is 2. The molecule has 2 nitrogen and oxygen atoms in total. The molecular weight excluding hydrogens is 162 g/mol. The second-order valence-corrected chi connectivity index (χ2v) is 3.84. The summed E-state index contributed by atoms with van der Waals surface area (Å²) in [5.41, 5.74) is 3.40. The second-order valence-electron chi connectivity index (χ2n) is 3.84. The maximum Gasteiger partial charge on any atom is 0.0662 e. The maximum atomic E-state index is 9.36. The molecule has 70 valence electrons. The lowest BCUT2D eigenvalue weighted by Gasteiger charge is -2.14. The number of aryl methyl sites for hydroxylation is 1. The second kappa shape index (κ2) is 3.04. The zero-order valence-corrected chi connectivity index (χ0v) is 8.12. The molecule has 1 saturated carbocycles. The van der Waals surface area contributed by atoms with E-state index in [2.05, 4.69) is 18.2 Å². The average Bonchev–Trinajstić information content (AvgIpc) is 2.87. The molecule has 2 heteroatoms. The van der Waals surface area contributed by atoms with E-state index in [1.54, 1.807) is 7.05 Å². The van der Waals surface area contributed by atoms with Crippen LogP contribution in [0.3, 0.4) is 0 Å².